The molecule has 4 N–H and O–H groups in total. The van der Waals surface area contributed by atoms with Crippen molar-refractivity contribution in [2.75, 3.05) is 0 Å². The van der Waals surface area contributed by atoms with Crippen LogP contribution >= 0.6 is 0 Å². The molecule has 0 aromatic heterocycles. The van der Waals surface area contributed by atoms with Crippen molar-refractivity contribution >= 4 is 5.97 Å². The Morgan fingerprint density at radius 1 is 1.27 bits per heavy atom. The van der Waals surface area contributed by atoms with Gasteiger partial charge in [0, 0.05) is 4.91 Å². The largest absolute Gasteiger partial charge is 0.479 e. The maximum absolute atomic E-state index is 10.6. The SMILES string of the molecule is [N-]=[N+]=N[C@@H]1O[C@H](C(=O)O)[C@@H](O)[C@H](O)[C@@H]1O. The third kappa shape index (κ3) is 2.17. The molecule has 1 fully saturated rings. The van der Waals surface area contributed by atoms with Crippen LogP contribution in [0.15, 0.2) is 5.11 Å². The molecule has 9 nitrogen and oxygen atoms in total. The predicted octanol–water partition coefficient (Wildman–Crippen LogP) is -1.81. The van der Waals surface area contributed by atoms with E-state index in [9.17, 15) is 20.1 Å². The lowest BCUT2D eigenvalue weighted by Gasteiger charge is -2.36. The zero-order valence-electron chi connectivity index (χ0n) is 7.33. The number of hydrogen-bond acceptors (Lipinski definition) is 6. The first-order chi connectivity index (χ1) is 6.99. The summed E-state index contributed by atoms with van der Waals surface area (Å²) in [5.41, 5.74) is 8.09. The van der Waals surface area contributed by atoms with Crippen LogP contribution in [0.4, 0.5) is 0 Å². The molecule has 0 spiro atoms. The van der Waals surface area contributed by atoms with E-state index in [2.05, 4.69) is 14.8 Å². The van der Waals surface area contributed by atoms with Crippen LogP contribution in [-0.4, -0.2) is 57.0 Å². The number of azide groups is 1. The van der Waals surface area contributed by atoms with Gasteiger partial charge in [-0.05, 0) is 5.53 Å². The smallest absolute Gasteiger partial charge is 0.335 e. The molecule has 0 amide bonds. The second-order valence-electron chi connectivity index (χ2n) is 2.96. The molecule has 0 unspecified atom stereocenters. The molecule has 0 aromatic carbocycles. The minimum absolute atomic E-state index is 1.52. The number of hydrogen-bond donors (Lipinski definition) is 4. The summed E-state index contributed by atoms with van der Waals surface area (Å²) >= 11 is 0. The maximum atomic E-state index is 10.6. The van der Waals surface area contributed by atoms with Crippen molar-refractivity contribution < 1.29 is 30.0 Å². The monoisotopic (exact) mass is 219 g/mol. The van der Waals surface area contributed by atoms with E-state index in [0.717, 1.165) is 0 Å². The second kappa shape index (κ2) is 4.43. The Bertz CT molecular complexity index is 289. The molecule has 84 valence electrons. The molecule has 15 heavy (non-hydrogen) atoms. The normalized spacial score (nSPS) is 40.6. The first-order valence-electron chi connectivity index (χ1n) is 3.95. The van der Waals surface area contributed by atoms with Crippen molar-refractivity contribution in [2.45, 2.75) is 30.6 Å². The van der Waals surface area contributed by atoms with E-state index in [1.165, 1.54) is 0 Å². The number of ether oxygens (including phenoxy) is 1. The Morgan fingerprint density at radius 3 is 2.33 bits per heavy atom. The molecule has 1 aliphatic rings. The highest BCUT2D eigenvalue weighted by atomic mass is 16.6. The highest BCUT2D eigenvalue weighted by Crippen LogP contribution is 2.22. The Kier molecular flexibility index (Phi) is 3.45. The van der Waals surface area contributed by atoms with Gasteiger partial charge in [0.1, 0.15) is 18.3 Å². The van der Waals surface area contributed by atoms with Crippen LogP contribution in [0.3, 0.4) is 0 Å². The summed E-state index contributed by atoms with van der Waals surface area (Å²) in [5, 5.41) is 39.2. The number of carbonyl (C=O) groups is 1. The van der Waals surface area contributed by atoms with Crippen molar-refractivity contribution in [1.82, 2.24) is 0 Å². The minimum atomic E-state index is -1.78. The van der Waals surface area contributed by atoms with E-state index >= 15 is 0 Å². The van der Waals surface area contributed by atoms with Gasteiger partial charge >= 0.3 is 5.97 Å². The quantitative estimate of drug-likeness (QED) is 0.243. The van der Waals surface area contributed by atoms with E-state index < -0.39 is 36.6 Å². The van der Waals surface area contributed by atoms with Gasteiger partial charge in [0.25, 0.3) is 0 Å². The number of aliphatic carboxylic acids is 1. The molecule has 1 saturated heterocycles. The van der Waals surface area contributed by atoms with Crippen molar-refractivity contribution in [3.63, 3.8) is 0 Å². The van der Waals surface area contributed by atoms with Crippen molar-refractivity contribution in [3.05, 3.63) is 10.4 Å². The van der Waals surface area contributed by atoms with Gasteiger partial charge in [-0.1, -0.05) is 5.11 Å². The van der Waals surface area contributed by atoms with Gasteiger partial charge in [-0.2, -0.15) is 0 Å². The number of aliphatic hydroxyl groups is 3. The summed E-state index contributed by atoms with van der Waals surface area (Å²) < 4.78 is 4.60. The molecular weight excluding hydrogens is 210 g/mol. The Morgan fingerprint density at radius 2 is 1.87 bits per heavy atom. The lowest BCUT2D eigenvalue weighted by molar-refractivity contribution is -0.226. The molecule has 1 heterocycles. The van der Waals surface area contributed by atoms with Gasteiger partial charge in [-0.3, -0.25) is 0 Å². The molecule has 0 saturated carbocycles. The van der Waals surface area contributed by atoms with Crippen molar-refractivity contribution in [1.29, 1.82) is 0 Å². The molecule has 9 heteroatoms. The fourth-order valence-corrected chi connectivity index (χ4v) is 1.21. The summed E-state index contributed by atoms with van der Waals surface area (Å²) in [6.07, 6.45) is -8.45. The highest BCUT2D eigenvalue weighted by molar-refractivity contribution is 5.73. The van der Waals surface area contributed by atoms with Crippen LogP contribution in [0.2, 0.25) is 0 Å². The fraction of sp³-hybridized carbons (Fsp3) is 0.833. The number of rotatable bonds is 2. The summed E-state index contributed by atoms with van der Waals surface area (Å²) in [5.74, 6) is -1.52. The second-order valence-corrected chi connectivity index (χ2v) is 2.96. The summed E-state index contributed by atoms with van der Waals surface area (Å²) in [6.45, 7) is 0. The average molecular weight is 219 g/mol. The average Bonchev–Trinajstić information content (AvgIpc) is 2.18. The molecule has 5 atom stereocenters. The van der Waals surface area contributed by atoms with Crippen LogP contribution in [0.1, 0.15) is 0 Å². The lowest BCUT2D eigenvalue weighted by atomic mass is 9.98. The number of aliphatic hydroxyl groups excluding tert-OH is 3. The van der Waals surface area contributed by atoms with Crippen molar-refractivity contribution in [3.8, 4) is 0 Å². The molecule has 1 aliphatic heterocycles. The van der Waals surface area contributed by atoms with Crippen LogP contribution in [0.25, 0.3) is 10.4 Å². The highest BCUT2D eigenvalue weighted by Gasteiger charge is 2.46. The topological polar surface area (TPSA) is 156 Å². The van der Waals surface area contributed by atoms with E-state index in [0.29, 0.717) is 0 Å². The Balaban J connectivity index is 2.89. The first kappa shape index (κ1) is 11.7. The maximum Gasteiger partial charge on any atom is 0.335 e. The molecule has 0 aliphatic carbocycles. The van der Waals surface area contributed by atoms with Crippen LogP contribution in [-0.2, 0) is 9.53 Å². The molecule has 0 radical (unpaired) electrons. The molecule has 0 aromatic rings. The number of carboxylic acids is 1. The van der Waals surface area contributed by atoms with Gasteiger partial charge < -0.3 is 25.2 Å². The van der Waals surface area contributed by atoms with Gasteiger partial charge in [0.05, 0.1) is 0 Å². The van der Waals surface area contributed by atoms with Gasteiger partial charge in [-0.15, -0.1) is 0 Å². The van der Waals surface area contributed by atoms with E-state index in [4.69, 9.17) is 10.6 Å². The zero-order valence-corrected chi connectivity index (χ0v) is 7.33. The van der Waals surface area contributed by atoms with Gasteiger partial charge in [0.2, 0.25) is 0 Å². The third-order valence-corrected chi connectivity index (χ3v) is 2.00. The molecule has 0 bridgehead atoms. The summed E-state index contributed by atoms with van der Waals surface area (Å²) in [6, 6.07) is 0. The van der Waals surface area contributed by atoms with E-state index in [1.54, 1.807) is 0 Å². The van der Waals surface area contributed by atoms with Crippen molar-refractivity contribution in [2.24, 2.45) is 5.11 Å². The van der Waals surface area contributed by atoms with Crippen LogP contribution in [0, 0.1) is 0 Å². The molecule has 1 rings (SSSR count). The summed E-state index contributed by atoms with van der Waals surface area (Å²) in [4.78, 5) is 12.9. The Hall–Kier alpha value is -1.38. The van der Waals surface area contributed by atoms with Crippen LogP contribution < -0.4 is 0 Å². The third-order valence-electron chi connectivity index (χ3n) is 2.00. The van der Waals surface area contributed by atoms with E-state index in [-0.39, 0.29) is 0 Å². The standard InChI is InChI=1S/C6H9N3O6/c7-9-8-5-3(12)1(10)2(11)4(15-5)6(13)14/h1-5,10-12H,(H,13,14)/t1-,2-,3-,4-,5+/m0/s1. The fourth-order valence-electron chi connectivity index (χ4n) is 1.21. The van der Waals surface area contributed by atoms with Gasteiger partial charge in [0.15, 0.2) is 12.3 Å². The Labute approximate surface area is 83.1 Å². The van der Waals surface area contributed by atoms with Gasteiger partial charge in [-0.25, -0.2) is 4.79 Å². The zero-order chi connectivity index (χ0) is 11.6. The van der Waals surface area contributed by atoms with E-state index in [1.807, 2.05) is 0 Å². The predicted molar refractivity (Wildman–Crippen MR) is 43.5 cm³/mol. The lowest BCUT2D eigenvalue weighted by Crippen LogP contribution is -2.59. The first-order valence-corrected chi connectivity index (χ1v) is 3.95. The number of nitrogens with zero attached hydrogens (tertiary/aromatic N) is 3. The van der Waals surface area contributed by atoms with Crippen LogP contribution in [0.5, 0.6) is 0 Å². The summed E-state index contributed by atoms with van der Waals surface area (Å²) in [7, 11) is 0. The minimum Gasteiger partial charge on any atom is -0.479 e. The number of carboxylic acid groups (broad SMARTS) is 1. The molecular formula is C6H9N3O6.